The van der Waals surface area contributed by atoms with Gasteiger partial charge in [-0.25, -0.2) is 0 Å². The van der Waals surface area contributed by atoms with Crippen molar-refractivity contribution in [2.45, 2.75) is 0 Å². The van der Waals surface area contributed by atoms with Gasteiger partial charge in [0.1, 0.15) is 0 Å². The molecule has 2 rings (SSSR count). The molecule has 0 aliphatic carbocycles. The fourth-order valence-electron chi connectivity index (χ4n) is 1.51. The van der Waals surface area contributed by atoms with E-state index in [1.54, 1.807) is 30.3 Å². The highest BCUT2D eigenvalue weighted by Crippen LogP contribution is 2.27. The van der Waals surface area contributed by atoms with Crippen molar-refractivity contribution >= 4 is 29.5 Å². The molecule has 0 radical (unpaired) electrons. The first-order valence-electron chi connectivity index (χ1n) is 4.71. The van der Waals surface area contributed by atoms with Crippen LogP contribution < -0.4 is 0 Å². The molecule has 16 heavy (non-hydrogen) atoms. The van der Waals surface area contributed by atoms with Gasteiger partial charge in [-0.05, 0) is 41.5 Å². The lowest BCUT2D eigenvalue weighted by Crippen LogP contribution is -1.87. The molecule has 0 aliphatic rings. The van der Waals surface area contributed by atoms with Crippen molar-refractivity contribution in [2.24, 2.45) is 0 Å². The first-order valence-corrected chi connectivity index (χ1v) is 5.47. The smallest absolute Gasteiger partial charge is 0.150 e. The van der Waals surface area contributed by atoms with Crippen LogP contribution in [0.1, 0.15) is 10.4 Å². The van der Waals surface area contributed by atoms with Crippen molar-refractivity contribution in [2.75, 3.05) is 0 Å². The zero-order chi connectivity index (χ0) is 11.5. The van der Waals surface area contributed by atoms with E-state index in [0.717, 1.165) is 17.4 Å². The SMILES string of the molecule is O=Cc1ccc(Cl)cc1-c1ccc(Cl)cc1. The fourth-order valence-corrected chi connectivity index (χ4v) is 1.81. The Morgan fingerprint density at radius 3 is 2.12 bits per heavy atom. The molecular weight excluding hydrogens is 243 g/mol. The van der Waals surface area contributed by atoms with Crippen molar-refractivity contribution in [3.8, 4) is 11.1 Å². The Balaban J connectivity index is 2.57. The number of carbonyl (C=O) groups is 1. The van der Waals surface area contributed by atoms with E-state index in [-0.39, 0.29) is 0 Å². The molecule has 0 heterocycles. The fraction of sp³-hybridized carbons (Fsp3) is 0. The summed E-state index contributed by atoms with van der Waals surface area (Å²) >= 11 is 11.7. The summed E-state index contributed by atoms with van der Waals surface area (Å²) in [5, 5.41) is 1.27. The molecule has 3 heteroatoms. The number of aldehydes is 1. The molecule has 2 aromatic rings. The predicted octanol–water partition coefficient (Wildman–Crippen LogP) is 4.47. The van der Waals surface area contributed by atoms with Crippen LogP contribution in [0, 0.1) is 0 Å². The highest BCUT2D eigenvalue weighted by Gasteiger charge is 2.05. The second-order valence-electron chi connectivity index (χ2n) is 3.36. The van der Waals surface area contributed by atoms with Gasteiger partial charge in [0.25, 0.3) is 0 Å². The van der Waals surface area contributed by atoms with Gasteiger partial charge in [-0.15, -0.1) is 0 Å². The Kier molecular flexibility index (Phi) is 3.28. The standard InChI is InChI=1S/C13H8Cl2O/c14-11-4-1-9(2-5-11)13-7-12(15)6-3-10(13)8-16/h1-8H. The molecule has 0 saturated carbocycles. The molecule has 0 bridgehead atoms. The summed E-state index contributed by atoms with van der Waals surface area (Å²) in [6.45, 7) is 0. The zero-order valence-corrected chi connectivity index (χ0v) is 9.79. The molecule has 0 amide bonds. The molecule has 2 aromatic carbocycles. The van der Waals surface area contributed by atoms with Crippen molar-refractivity contribution in [3.05, 3.63) is 58.1 Å². The molecule has 0 saturated heterocycles. The number of halogens is 2. The minimum Gasteiger partial charge on any atom is -0.298 e. The van der Waals surface area contributed by atoms with Crippen LogP contribution in [0.3, 0.4) is 0 Å². The van der Waals surface area contributed by atoms with Gasteiger partial charge in [-0.1, -0.05) is 35.3 Å². The molecule has 80 valence electrons. The maximum Gasteiger partial charge on any atom is 0.150 e. The van der Waals surface area contributed by atoms with Gasteiger partial charge < -0.3 is 0 Å². The summed E-state index contributed by atoms with van der Waals surface area (Å²) in [5.74, 6) is 0. The van der Waals surface area contributed by atoms with E-state index in [0.29, 0.717) is 15.6 Å². The number of hydrogen-bond acceptors (Lipinski definition) is 1. The Morgan fingerprint density at radius 1 is 0.875 bits per heavy atom. The molecule has 0 aliphatic heterocycles. The van der Waals surface area contributed by atoms with E-state index in [2.05, 4.69) is 0 Å². The Labute approximate surface area is 104 Å². The topological polar surface area (TPSA) is 17.1 Å². The first kappa shape index (κ1) is 11.2. The average molecular weight is 251 g/mol. The molecule has 0 N–H and O–H groups in total. The van der Waals surface area contributed by atoms with E-state index in [1.807, 2.05) is 12.1 Å². The Bertz CT molecular complexity index is 518. The number of hydrogen-bond donors (Lipinski definition) is 0. The first-order chi connectivity index (χ1) is 7.70. The maximum absolute atomic E-state index is 10.9. The van der Waals surface area contributed by atoms with Crippen LogP contribution >= 0.6 is 23.2 Å². The van der Waals surface area contributed by atoms with E-state index >= 15 is 0 Å². The Morgan fingerprint density at radius 2 is 1.50 bits per heavy atom. The summed E-state index contributed by atoms with van der Waals surface area (Å²) in [6, 6.07) is 12.5. The van der Waals surface area contributed by atoms with Crippen molar-refractivity contribution in [1.29, 1.82) is 0 Å². The summed E-state index contributed by atoms with van der Waals surface area (Å²) in [4.78, 5) is 10.9. The van der Waals surface area contributed by atoms with Gasteiger partial charge in [0.2, 0.25) is 0 Å². The second kappa shape index (κ2) is 4.69. The van der Waals surface area contributed by atoms with Crippen molar-refractivity contribution < 1.29 is 4.79 Å². The van der Waals surface area contributed by atoms with Gasteiger partial charge in [0, 0.05) is 15.6 Å². The number of carbonyl (C=O) groups excluding carboxylic acids is 1. The Hall–Kier alpha value is -1.31. The van der Waals surface area contributed by atoms with E-state index < -0.39 is 0 Å². The van der Waals surface area contributed by atoms with Gasteiger partial charge in [-0.2, -0.15) is 0 Å². The van der Waals surface area contributed by atoms with Gasteiger partial charge in [-0.3, -0.25) is 4.79 Å². The molecule has 0 spiro atoms. The molecular formula is C13H8Cl2O. The van der Waals surface area contributed by atoms with Crippen LogP contribution in [0.15, 0.2) is 42.5 Å². The van der Waals surface area contributed by atoms with E-state index in [1.165, 1.54) is 0 Å². The minimum atomic E-state index is 0.607. The number of rotatable bonds is 2. The predicted molar refractivity (Wildman–Crippen MR) is 67.3 cm³/mol. The van der Waals surface area contributed by atoms with Crippen molar-refractivity contribution in [1.82, 2.24) is 0 Å². The van der Waals surface area contributed by atoms with Crippen LogP contribution in [0.25, 0.3) is 11.1 Å². The van der Waals surface area contributed by atoms with Crippen molar-refractivity contribution in [3.63, 3.8) is 0 Å². The van der Waals surface area contributed by atoms with E-state index in [9.17, 15) is 4.79 Å². The van der Waals surface area contributed by atoms with Crippen LogP contribution in [-0.2, 0) is 0 Å². The highest BCUT2D eigenvalue weighted by molar-refractivity contribution is 6.31. The second-order valence-corrected chi connectivity index (χ2v) is 4.23. The molecule has 1 nitrogen and oxygen atoms in total. The minimum absolute atomic E-state index is 0.607. The lowest BCUT2D eigenvalue weighted by Gasteiger charge is -2.05. The zero-order valence-electron chi connectivity index (χ0n) is 8.28. The quantitative estimate of drug-likeness (QED) is 0.719. The van der Waals surface area contributed by atoms with Gasteiger partial charge in [0.05, 0.1) is 0 Å². The summed E-state index contributed by atoms with van der Waals surface area (Å²) in [6.07, 6.45) is 0.820. The summed E-state index contributed by atoms with van der Waals surface area (Å²) < 4.78 is 0. The lowest BCUT2D eigenvalue weighted by atomic mass is 10.0. The van der Waals surface area contributed by atoms with Gasteiger partial charge >= 0.3 is 0 Å². The third kappa shape index (κ3) is 2.26. The highest BCUT2D eigenvalue weighted by atomic mass is 35.5. The summed E-state index contributed by atoms with van der Waals surface area (Å²) in [5.41, 5.74) is 2.36. The van der Waals surface area contributed by atoms with Crippen LogP contribution in [0.2, 0.25) is 10.0 Å². The average Bonchev–Trinajstić information content (AvgIpc) is 2.30. The van der Waals surface area contributed by atoms with Gasteiger partial charge in [0.15, 0.2) is 6.29 Å². The summed E-state index contributed by atoms with van der Waals surface area (Å²) in [7, 11) is 0. The van der Waals surface area contributed by atoms with Crippen LogP contribution in [-0.4, -0.2) is 6.29 Å². The third-order valence-corrected chi connectivity index (χ3v) is 2.78. The number of benzene rings is 2. The largest absolute Gasteiger partial charge is 0.298 e. The molecule has 0 unspecified atom stereocenters. The van der Waals surface area contributed by atoms with Crippen LogP contribution in [0.5, 0.6) is 0 Å². The molecule has 0 aromatic heterocycles. The molecule has 0 fully saturated rings. The normalized spacial score (nSPS) is 10.1. The van der Waals surface area contributed by atoms with Crippen LogP contribution in [0.4, 0.5) is 0 Å². The third-order valence-electron chi connectivity index (χ3n) is 2.30. The maximum atomic E-state index is 10.9. The van der Waals surface area contributed by atoms with E-state index in [4.69, 9.17) is 23.2 Å². The lowest BCUT2D eigenvalue weighted by molar-refractivity contribution is 0.112. The molecule has 0 atom stereocenters. The monoisotopic (exact) mass is 250 g/mol.